The molecule has 0 aromatic rings. The van der Waals surface area contributed by atoms with E-state index in [-0.39, 0.29) is 0 Å². The third-order valence-corrected chi connectivity index (χ3v) is 1.55. The highest BCUT2D eigenvalue weighted by Crippen LogP contribution is 2.06. The molecule has 0 N–H and O–H groups in total. The quantitative estimate of drug-likeness (QED) is 0.573. The number of rotatable bonds is 2. The van der Waals surface area contributed by atoms with Gasteiger partial charge in [0, 0.05) is 19.6 Å². The third-order valence-electron chi connectivity index (χ3n) is 1.55. The van der Waals surface area contributed by atoms with Crippen molar-refractivity contribution >= 4 is 0 Å². The molecule has 10 heavy (non-hydrogen) atoms. The summed E-state index contributed by atoms with van der Waals surface area (Å²) in [7, 11) is 0. The lowest BCUT2D eigenvalue weighted by Crippen LogP contribution is -2.35. The molecule has 0 bridgehead atoms. The van der Waals surface area contributed by atoms with Crippen LogP contribution < -0.4 is 0 Å². The molecular formula is C8H16NO. The summed E-state index contributed by atoms with van der Waals surface area (Å²) >= 11 is 0. The van der Waals surface area contributed by atoms with E-state index in [1.165, 1.54) is 0 Å². The second kappa shape index (κ2) is 3.94. The van der Waals surface area contributed by atoms with Crippen LogP contribution >= 0.6 is 0 Å². The lowest BCUT2D eigenvalue weighted by Gasteiger charge is -2.27. The average molecular weight is 142 g/mol. The number of hydrogen-bond donors (Lipinski definition) is 0. The summed E-state index contributed by atoms with van der Waals surface area (Å²) in [6, 6.07) is 0. The topological polar surface area (TPSA) is 12.5 Å². The van der Waals surface area contributed by atoms with Crippen molar-refractivity contribution in [2.75, 3.05) is 26.3 Å². The minimum Gasteiger partial charge on any atom is -0.379 e. The van der Waals surface area contributed by atoms with Crippen LogP contribution in [0.2, 0.25) is 0 Å². The third kappa shape index (κ3) is 2.67. The van der Waals surface area contributed by atoms with E-state index in [0.717, 1.165) is 26.3 Å². The molecule has 2 heteroatoms. The number of nitrogens with zero attached hydrogens (tertiary/aromatic N) is 1. The number of morpholine rings is 1. The van der Waals surface area contributed by atoms with E-state index < -0.39 is 0 Å². The largest absolute Gasteiger partial charge is 0.379 e. The maximum Gasteiger partial charge on any atom is 0.0594 e. The van der Waals surface area contributed by atoms with E-state index in [1.807, 2.05) is 0 Å². The van der Waals surface area contributed by atoms with Crippen LogP contribution in [0.3, 0.4) is 0 Å². The Bertz CT molecular complexity index is 87.3. The van der Waals surface area contributed by atoms with Gasteiger partial charge >= 0.3 is 0 Å². The van der Waals surface area contributed by atoms with Crippen LogP contribution in [-0.4, -0.2) is 31.2 Å². The van der Waals surface area contributed by atoms with Gasteiger partial charge in [0.15, 0.2) is 0 Å². The molecule has 0 aliphatic carbocycles. The van der Waals surface area contributed by atoms with Gasteiger partial charge in [0.1, 0.15) is 0 Å². The Kier molecular flexibility index (Phi) is 3.16. The van der Waals surface area contributed by atoms with Gasteiger partial charge in [-0.3, -0.25) is 4.90 Å². The van der Waals surface area contributed by atoms with Crippen molar-refractivity contribution in [2.24, 2.45) is 5.92 Å². The molecule has 1 rings (SSSR count). The van der Waals surface area contributed by atoms with Crippen LogP contribution in [-0.2, 0) is 4.74 Å². The highest BCUT2D eigenvalue weighted by atomic mass is 16.5. The lowest BCUT2D eigenvalue weighted by atomic mass is 10.2. The Hall–Kier alpha value is -0.0800. The van der Waals surface area contributed by atoms with Crippen molar-refractivity contribution < 1.29 is 4.74 Å². The molecule has 0 aromatic carbocycles. The first-order valence-corrected chi connectivity index (χ1v) is 3.96. The molecule has 1 aliphatic heterocycles. The monoisotopic (exact) mass is 142 g/mol. The zero-order valence-electron chi connectivity index (χ0n) is 6.84. The van der Waals surface area contributed by atoms with Gasteiger partial charge in [0.05, 0.1) is 13.2 Å². The second-order valence-corrected chi connectivity index (χ2v) is 3.04. The maximum atomic E-state index is 5.22. The molecule has 1 saturated heterocycles. The molecule has 0 aromatic heterocycles. The molecule has 0 atom stereocenters. The number of hydrogen-bond acceptors (Lipinski definition) is 2. The highest BCUT2D eigenvalue weighted by Gasteiger charge is 2.10. The normalized spacial score (nSPS) is 21.9. The van der Waals surface area contributed by atoms with Gasteiger partial charge in [0.2, 0.25) is 0 Å². The average Bonchev–Trinajstić information content (AvgIpc) is 1.88. The standard InChI is InChI=1S/C8H16NO/c1-8(2)7-9-3-5-10-6-4-9/h7-8H,3-6H2,1-2H3. The second-order valence-electron chi connectivity index (χ2n) is 3.04. The Balaban J connectivity index is 2.13. The molecule has 0 saturated carbocycles. The minimum absolute atomic E-state index is 0.665. The van der Waals surface area contributed by atoms with Crippen molar-refractivity contribution in [1.29, 1.82) is 0 Å². The summed E-state index contributed by atoms with van der Waals surface area (Å²) in [4.78, 5) is 2.34. The van der Waals surface area contributed by atoms with E-state index in [4.69, 9.17) is 4.74 Å². The molecule has 0 unspecified atom stereocenters. The Morgan fingerprint density at radius 2 is 1.90 bits per heavy atom. The van der Waals surface area contributed by atoms with Crippen molar-refractivity contribution in [2.45, 2.75) is 13.8 Å². The van der Waals surface area contributed by atoms with Crippen LogP contribution in [0.1, 0.15) is 13.8 Å². The van der Waals surface area contributed by atoms with Crippen LogP contribution in [0.15, 0.2) is 0 Å². The maximum absolute atomic E-state index is 5.22. The fraction of sp³-hybridized carbons (Fsp3) is 0.875. The summed E-state index contributed by atoms with van der Waals surface area (Å²) in [6.07, 6.45) is 0. The predicted octanol–water partition coefficient (Wildman–Crippen LogP) is 1.14. The summed E-state index contributed by atoms with van der Waals surface area (Å²) in [6.45, 7) is 10.6. The van der Waals surface area contributed by atoms with Gasteiger partial charge in [-0.2, -0.15) is 0 Å². The van der Waals surface area contributed by atoms with Gasteiger partial charge in [-0.25, -0.2) is 0 Å². The van der Waals surface area contributed by atoms with Gasteiger partial charge in [-0.1, -0.05) is 13.8 Å². The fourth-order valence-electron chi connectivity index (χ4n) is 1.15. The molecule has 1 radical (unpaired) electrons. The predicted molar refractivity (Wildman–Crippen MR) is 41.5 cm³/mol. The molecular weight excluding hydrogens is 126 g/mol. The molecule has 0 amide bonds. The van der Waals surface area contributed by atoms with Crippen LogP contribution in [0, 0.1) is 12.5 Å². The van der Waals surface area contributed by atoms with Crippen molar-refractivity contribution in [3.05, 3.63) is 6.54 Å². The van der Waals surface area contributed by atoms with E-state index in [1.54, 1.807) is 0 Å². The first-order chi connectivity index (χ1) is 4.79. The van der Waals surface area contributed by atoms with Crippen molar-refractivity contribution in [3.8, 4) is 0 Å². The molecule has 59 valence electrons. The molecule has 1 heterocycles. The van der Waals surface area contributed by atoms with E-state index in [0.29, 0.717) is 5.92 Å². The van der Waals surface area contributed by atoms with Gasteiger partial charge < -0.3 is 4.74 Å². The van der Waals surface area contributed by atoms with E-state index >= 15 is 0 Å². The van der Waals surface area contributed by atoms with Crippen molar-refractivity contribution in [3.63, 3.8) is 0 Å². The van der Waals surface area contributed by atoms with Crippen LogP contribution in [0.4, 0.5) is 0 Å². The molecule has 2 nitrogen and oxygen atoms in total. The summed E-state index contributed by atoms with van der Waals surface area (Å²) < 4.78 is 5.22. The van der Waals surface area contributed by atoms with Gasteiger partial charge in [-0.15, -0.1) is 0 Å². The first kappa shape index (κ1) is 8.02. The van der Waals surface area contributed by atoms with E-state index in [2.05, 4.69) is 25.3 Å². The van der Waals surface area contributed by atoms with E-state index in [9.17, 15) is 0 Å². The Labute approximate surface area is 63.2 Å². The fourth-order valence-corrected chi connectivity index (χ4v) is 1.15. The van der Waals surface area contributed by atoms with Crippen LogP contribution in [0.25, 0.3) is 0 Å². The molecule has 1 aliphatic rings. The highest BCUT2D eigenvalue weighted by molar-refractivity contribution is 4.73. The Morgan fingerprint density at radius 3 is 2.40 bits per heavy atom. The molecule has 0 spiro atoms. The van der Waals surface area contributed by atoms with Crippen LogP contribution in [0.5, 0.6) is 0 Å². The summed E-state index contributed by atoms with van der Waals surface area (Å²) in [5.41, 5.74) is 0. The zero-order chi connectivity index (χ0) is 7.40. The van der Waals surface area contributed by atoms with Gasteiger partial charge in [0.25, 0.3) is 0 Å². The van der Waals surface area contributed by atoms with Gasteiger partial charge in [-0.05, 0) is 5.92 Å². The zero-order valence-corrected chi connectivity index (χ0v) is 6.84. The molecule has 1 fully saturated rings. The summed E-state index contributed by atoms with van der Waals surface area (Å²) in [5.74, 6) is 0.665. The van der Waals surface area contributed by atoms with Crippen molar-refractivity contribution in [1.82, 2.24) is 4.90 Å². The minimum atomic E-state index is 0.665. The lowest BCUT2D eigenvalue weighted by molar-refractivity contribution is 0.0473. The first-order valence-electron chi connectivity index (χ1n) is 3.96. The number of ether oxygens (including phenoxy) is 1. The Morgan fingerprint density at radius 1 is 1.30 bits per heavy atom. The SMILES string of the molecule is CC(C)[CH]N1CCOCC1. The smallest absolute Gasteiger partial charge is 0.0594 e. The summed E-state index contributed by atoms with van der Waals surface area (Å²) in [5, 5.41) is 0.